The number of amides is 1. The number of aliphatic hydroxyl groups excluding tert-OH is 1. The van der Waals surface area contributed by atoms with Crippen LogP contribution in [0.15, 0.2) is 0 Å². The number of nitrogens with one attached hydrogen (secondary N) is 1. The molecule has 4 heteroatoms. The van der Waals surface area contributed by atoms with E-state index >= 15 is 0 Å². The molecular weight excluding hydrogens is 204 g/mol. The van der Waals surface area contributed by atoms with E-state index in [0.29, 0.717) is 6.54 Å². The maximum atomic E-state index is 11.6. The van der Waals surface area contributed by atoms with Gasteiger partial charge < -0.3 is 16.2 Å². The highest BCUT2D eigenvalue weighted by molar-refractivity contribution is 5.81. The first-order chi connectivity index (χ1) is 7.52. The maximum absolute atomic E-state index is 11.6. The Morgan fingerprint density at radius 2 is 2.06 bits per heavy atom. The molecule has 0 radical (unpaired) electrons. The van der Waals surface area contributed by atoms with E-state index in [1.54, 1.807) is 0 Å². The molecule has 0 bridgehead atoms. The minimum absolute atomic E-state index is 0.104. The van der Waals surface area contributed by atoms with Crippen LogP contribution in [0.2, 0.25) is 0 Å². The Bertz CT molecular complexity index is 231. The summed E-state index contributed by atoms with van der Waals surface area (Å²) in [5, 5.41) is 12.6. The minimum atomic E-state index is -0.444. The first-order valence-corrected chi connectivity index (χ1v) is 6.23. The third-order valence-electron chi connectivity index (χ3n) is 3.43. The van der Waals surface area contributed by atoms with E-state index in [2.05, 4.69) is 5.32 Å². The Morgan fingerprint density at radius 3 is 2.62 bits per heavy atom. The molecule has 0 saturated heterocycles. The van der Waals surface area contributed by atoms with Crippen LogP contribution in [0.5, 0.6) is 0 Å². The van der Waals surface area contributed by atoms with Crippen molar-refractivity contribution in [2.24, 2.45) is 17.6 Å². The molecule has 4 N–H and O–H groups in total. The number of rotatable bonds is 4. The summed E-state index contributed by atoms with van der Waals surface area (Å²) in [6.07, 6.45) is 3.84. The Morgan fingerprint density at radius 1 is 1.44 bits per heavy atom. The highest BCUT2D eigenvalue weighted by Crippen LogP contribution is 2.23. The zero-order valence-electron chi connectivity index (χ0n) is 10.3. The Hall–Kier alpha value is -0.610. The van der Waals surface area contributed by atoms with Crippen molar-refractivity contribution < 1.29 is 9.90 Å². The van der Waals surface area contributed by atoms with Crippen LogP contribution in [0.3, 0.4) is 0 Å². The van der Waals surface area contributed by atoms with Crippen LogP contribution in [0.25, 0.3) is 0 Å². The van der Waals surface area contributed by atoms with E-state index in [1.165, 1.54) is 0 Å². The molecule has 0 aliphatic heterocycles. The number of carbonyl (C=O) groups excluding carboxylic acids is 1. The van der Waals surface area contributed by atoms with E-state index in [9.17, 15) is 9.90 Å². The summed E-state index contributed by atoms with van der Waals surface area (Å²) in [5.74, 6) is 0.251. The predicted octanol–water partition coefficient (Wildman–Crippen LogP) is 0.637. The van der Waals surface area contributed by atoms with Crippen LogP contribution in [-0.4, -0.2) is 29.7 Å². The molecule has 0 spiro atoms. The van der Waals surface area contributed by atoms with Crippen molar-refractivity contribution in [1.29, 1.82) is 0 Å². The third kappa shape index (κ3) is 3.76. The van der Waals surface area contributed by atoms with Gasteiger partial charge in [0.25, 0.3) is 0 Å². The lowest BCUT2D eigenvalue weighted by atomic mass is 9.86. The normalized spacial score (nSPS) is 27.8. The summed E-state index contributed by atoms with van der Waals surface area (Å²) in [4.78, 5) is 11.6. The van der Waals surface area contributed by atoms with E-state index < -0.39 is 6.04 Å². The van der Waals surface area contributed by atoms with Gasteiger partial charge in [-0.25, -0.2) is 0 Å². The summed E-state index contributed by atoms with van der Waals surface area (Å²) in [7, 11) is 0. The first-order valence-electron chi connectivity index (χ1n) is 6.23. The summed E-state index contributed by atoms with van der Waals surface area (Å²) in [6.45, 7) is 4.42. The molecule has 0 aromatic rings. The van der Waals surface area contributed by atoms with Crippen molar-refractivity contribution in [3.63, 3.8) is 0 Å². The molecule has 1 aliphatic rings. The van der Waals surface area contributed by atoms with Crippen LogP contribution in [-0.2, 0) is 4.79 Å². The van der Waals surface area contributed by atoms with Crippen molar-refractivity contribution in [2.45, 2.75) is 51.7 Å². The molecule has 3 unspecified atom stereocenters. The van der Waals surface area contributed by atoms with Gasteiger partial charge in [-0.15, -0.1) is 0 Å². The van der Waals surface area contributed by atoms with Crippen molar-refractivity contribution in [3.05, 3.63) is 0 Å². The van der Waals surface area contributed by atoms with Gasteiger partial charge in [0.1, 0.15) is 0 Å². The largest absolute Gasteiger partial charge is 0.393 e. The minimum Gasteiger partial charge on any atom is -0.393 e. The number of aliphatic hydroxyl groups is 1. The van der Waals surface area contributed by atoms with Gasteiger partial charge in [0.2, 0.25) is 5.91 Å². The molecule has 0 heterocycles. The Balaban J connectivity index is 2.30. The van der Waals surface area contributed by atoms with Gasteiger partial charge in [0, 0.05) is 12.5 Å². The first kappa shape index (κ1) is 13.5. The molecule has 3 atom stereocenters. The molecule has 0 aromatic carbocycles. The van der Waals surface area contributed by atoms with Gasteiger partial charge in [-0.1, -0.05) is 26.7 Å². The summed E-state index contributed by atoms with van der Waals surface area (Å²) in [5.41, 5.74) is 5.74. The van der Waals surface area contributed by atoms with Gasteiger partial charge in [-0.3, -0.25) is 4.79 Å². The van der Waals surface area contributed by atoms with Crippen molar-refractivity contribution >= 4 is 5.91 Å². The fraction of sp³-hybridized carbons (Fsp3) is 0.917. The van der Waals surface area contributed by atoms with Crippen LogP contribution >= 0.6 is 0 Å². The van der Waals surface area contributed by atoms with E-state index in [1.807, 2.05) is 13.8 Å². The predicted molar refractivity (Wildman–Crippen MR) is 63.8 cm³/mol. The lowest BCUT2D eigenvalue weighted by Crippen LogP contribution is -2.46. The average Bonchev–Trinajstić information content (AvgIpc) is 2.26. The van der Waals surface area contributed by atoms with Gasteiger partial charge in [0.05, 0.1) is 12.1 Å². The van der Waals surface area contributed by atoms with Gasteiger partial charge in [-0.2, -0.15) is 0 Å². The average molecular weight is 228 g/mol. The van der Waals surface area contributed by atoms with E-state index in [-0.39, 0.29) is 23.8 Å². The van der Waals surface area contributed by atoms with Crippen LogP contribution in [0, 0.1) is 11.8 Å². The maximum Gasteiger partial charge on any atom is 0.237 e. The molecular formula is C12H24N2O2. The second kappa shape index (κ2) is 6.21. The topological polar surface area (TPSA) is 75.4 Å². The van der Waals surface area contributed by atoms with Crippen molar-refractivity contribution in [2.75, 3.05) is 6.54 Å². The van der Waals surface area contributed by atoms with E-state index in [4.69, 9.17) is 5.73 Å². The highest BCUT2D eigenvalue weighted by Gasteiger charge is 2.24. The fourth-order valence-corrected chi connectivity index (χ4v) is 2.08. The lowest BCUT2D eigenvalue weighted by molar-refractivity contribution is -0.123. The third-order valence-corrected chi connectivity index (χ3v) is 3.43. The van der Waals surface area contributed by atoms with Crippen molar-refractivity contribution in [1.82, 2.24) is 5.32 Å². The quantitative estimate of drug-likeness (QED) is 0.661. The van der Waals surface area contributed by atoms with Gasteiger partial charge in [-0.05, 0) is 18.8 Å². The standard InChI is InChI=1S/C12H24N2O2/c1-8(2)11(13)12(16)14-7-9-5-3-4-6-10(9)15/h8-11,15H,3-7,13H2,1-2H3,(H,14,16). The highest BCUT2D eigenvalue weighted by atomic mass is 16.3. The second-order valence-corrected chi connectivity index (χ2v) is 5.13. The smallest absolute Gasteiger partial charge is 0.237 e. The second-order valence-electron chi connectivity index (χ2n) is 5.13. The van der Waals surface area contributed by atoms with Gasteiger partial charge >= 0.3 is 0 Å². The fourth-order valence-electron chi connectivity index (χ4n) is 2.08. The molecule has 4 nitrogen and oxygen atoms in total. The molecule has 1 saturated carbocycles. The Kier molecular flexibility index (Phi) is 5.22. The van der Waals surface area contributed by atoms with E-state index in [0.717, 1.165) is 25.7 Å². The molecule has 1 aliphatic carbocycles. The molecule has 94 valence electrons. The number of hydrogen-bond donors (Lipinski definition) is 3. The molecule has 0 aromatic heterocycles. The summed E-state index contributed by atoms with van der Waals surface area (Å²) >= 11 is 0. The van der Waals surface area contributed by atoms with Crippen molar-refractivity contribution in [3.8, 4) is 0 Å². The Labute approximate surface area is 97.6 Å². The number of nitrogens with two attached hydrogens (primary N) is 1. The SMILES string of the molecule is CC(C)C(N)C(=O)NCC1CCCCC1O. The van der Waals surface area contributed by atoms with Crippen LogP contribution < -0.4 is 11.1 Å². The number of carbonyl (C=O) groups is 1. The lowest BCUT2D eigenvalue weighted by Gasteiger charge is -2.28. The zero-order chi connectivity index (χ0) is 12.1. The van der Waals surface area contributed by atoms with Crippen LogP contribution in [0.4, 0.5) is 0 Å². The number of hydrogen-bond acceptors (Lipinski definition) is 3. The molecule has 1 amide bonds. The molecule has 16 heavy (non-hydrogen) atoms. The zero-order valence-corrected chi connectivity index (χ0v) is 10.3. The van der Waals surface area contributed by atoms with Gasteiger partial charge in [0.15, 0.2) is 0 Å². The summed E-state index contributed by atoms with van der Waals surface area (Å²) in [6, 6.07) is -0.444. The molecule has 1 fully saturated rings. The monoisotopic (exact) mass is 228 g/mol. The summed E-state index contributed by atoms with van der Waals surface area (Å²) < 4.78 is 0. The van der Waals surface area contributed by atoms with Crippen LogP contribution in [0.1, 0.15) is 39.5 Å². The molecule has 1 rings (SSSR count).